The quantitative estimate of drug-likeness (QED) is 0.774. The van der Waals surface area contributed by atoms with Crippen LogP contribution >= 0.6 is 0 Å². The molecule has 0 radical (unpaired) electrons. The van der Waals surface area contributed by atoms with E-state index in [1.165, 1.54) is 6.42 Å². The van der Waals surface area contributed by atoms with Gasteiger partial charge in [-0.1, -0.05) is 0 Å². The highest BCUT2D eigenvalue weighted by Crippen LogP contribution is 2.60. The number of fused-ring (bicyclic) bond motifs is 6. The number of carbonyl (C=O) groups excluding carboxylic acids is 2. The summed E-state index contributed by atoms with van der Waals surface area (Å²) in [5.74, 6) is 1.60. The number of nitrogens with one attached hydrogen (secondary N) is 2. The van der Waals surface area contributed by atoms with Crippen LogP contribution in [0.5, 0.6) is 0 Å². The van der Waals surface area contributed by atoms with Gasteiger partial charge in [-0.25, -0.2) is 4.98 Å². The van der Waals surface area contributed by atoms with Gasteiger partial charge in [-0.3, -0.25) is 20.4 Å². The fourth-order valence-corrected chi connectivity index (χ4v) is 4.51. The van der Waals surface area contributed by atoms with E-state index in [0.717, 1.165) is 38.1 Å². The van der Waals surface area contributed by atoms with Crippen LogP contribution in [-0.2, 0) is 22.5 Å². The summed E-state index contributed by atoms with van der Waals surface area (Å²) in [5.41, 5.74) is 5.43. The van der Waals surface area contributed by atoms with Gasteiger partial charge in [0.05, 0.1) is 18.1 Å². The van der Waals surface area contributed by atoms with E-state index < -0.39 is 0 Å². The Hall–Kier alpha value is -1.89. The van der Waals surface area contributed by atoms with Crippen LogP contribution in [0.4, 0.5) is 0 Å². The van der Waals surface area contributed by atoms with E-state index in [-0.39, 0.29) is 29.9 Å². The molecule has 1 aliphatic carbocycles. The van der Waals surface area contributed by atoms with Crippen molar-refractivity contribution in [3.05, 3.63) is 17.7 Å². The summed E-state index contributed by atoms with van der Waals surface area (Å²) in [6.07, 6.45) is 7.21. The average Bonchev–Trinajstić information content (AvgIpc) is 2.95. The highest BCUT2D eigenvalue weighted by atomic mass is 16.5. The summed E-state index contributed by atoms with van der Waals surface area (Å²) in [4.78, 5) is 28.8. The van der Waals surface area contributed by atoms with Crippen LogP contribution in [0.3, 0.4) is 0 Å². The molecule has 3 aliphatic heterocycles. The van der Waals surface area contributed by atoms with Gasteiger partial charge in [-0.05, 0) is 37.5 Å². The predicted octanol–water partition coefficient (Wildman–Crippen LogP) is 0.404. The summed E-state index contributed by atoms with van der Waals surface area (Å²) in [5, 5.41) is 0. The van der Waals surface area contributed by atoms with Crippen molar-refractivity contribution in [1.29, 1.82) is 0 Å². The number of hydrogen-bond donors (Lipinski definition) is 2. The van der Waals surface area contributed by atoms with Crippen molar-refractivity contribution in [1.82, 2.24) is 20.4 Å². The van der Waals surface area contributed by atoms with Crippen molar-refractivity contribution < 1.29 is 14.3 Å². The standard InChI is InChI=1S/C16H20N4O3/c21-15(10-6-12-8-5-9(8)14(10)23-12)18-19-16(22)11-7-20-4-2-1-3-13(20)17-11/h7-10,12,14H,1-6H2,(H,18,21)(H,19,22)/t8-,9+,10-,12+,14+/m1/s1. The first-order chi connectivity index (χ1) is 11.2. The largest absolute Gasteiger partial charge is 0.374 e. The number of aryl methyl sites for hydroxylation is 2. The molecule has 122 valence electrons. The molecule has 23 heavy (non-hydrogen) atoms. The van der Waals surface area contributed by atoms with E-state index in [0.29, 0.717) is 17.5 Å². The maximum Gasteiger partial charge on any atom is 0.289 e. The van der Waals surface area contributed by atoms with Crippen molar-refractivity contribution in [2.45, 2.75) is 50.9 Å². The summed E-state index contributed by atoms with van der Waals surface area (Å²) < 4.78 is 7.85. The highest BCUT2D eigenvalue weighted by molar-refractivity contribution is 5.94. The number of nitrogens with zero attached hydrogens (tertiary/aromatic N) is 2. The van der Waals surface area contributed by atoms with Crippen LogP contribution in [0.2, 0.25) is 0 Å². The van der Waals surface area contributed by atoms with E-state index in [2.05, 4.69) is 15.8 Å². The lowest BCUT2D eigenvalue weighted by atomic mass is 9.89. The molecule has 4 heterocycles. The zero-order chi connectivity index (χ0) is 15.6. The van der Waals surface area contributed by atoms with Crippen molar-refractivity contribution in [3.63, 3.8) is 0 Å². The third-order valence-corrected chi connectivity index (χ3v) is 5.78. The fourth-order valence-electron chi connectivity index (χ4n) is 4.51. The zero-order valence-electron chi connectivity index (χ0n) is 12.8. The van der Waals surface area contributed by atoms with Crippen LogP contribution in [0.15, 0.2) is 6.20 Å². The second-order valence-electron chi connectivity index (χ2n) is 7.18. The molecule has 0 unspecified atom stereocenters. The Balaban J connectivity index is 1.20. The second kappa shape index (κ2) is 4.80. The maximum atomic E-state index is 12.3. The smallest absolute Gasteiger partial charge is 0.289 e. The molecule has 2 N–H and O–H groups in total. The molecule has 4 aliphatic rings. The monoisotopic (exact) mass is 316 g/mol. The molecule has 3 fully saturated rings. The molecule has 5 atom stereocenters. The van der Waals surface area contributed by atoms with E-state index >= 15 is 0 Å². The summed E-state index contributed by atoms with van der Waals surface area (Å²) in [6.45, 7) is 0.910. The van der Waals surface area contributed by atoms with Crippen LogP contribution in [0.1, 0.15) is 42.0 Å². The number of rotatable bonds is 2. The van der Waals surface area contributed by atoms with Gasteiger partial charge < -0.3 is 9.30 Å². The summed E-state index contributed by atoms with van der Waals surface area (Å²) in [6, 6.07) is 0. The zero-order valence-corrected chi connectivity index (χ0v) is 12.8. The summed E-state index contributed by atoms with van der Waals surface area (Å²) in [7, 11) is 0. The van der Waals surface area contributed by atoms with Crippen LogP contribution in [0.25, 0.3) is 0 Å². The lowest BCUT2D eigenvalue weighted by Crippen LogP contribution is -2.47. The molecule has 7 nitrogen and oxygen atoms in total. The van der Waals surface area contributed by atoms with E-state index in [9.17, 15) is 9.59 Å². The van der Waals surface area contributed by atoms with Gasteiger partial charge in [-0.15, -0.1) is 0 Å². The Morgan fingerprint density at radius 3 is 2.91 bits per heavy atom. The van der Waals surface area contributed by atoms with Gasteiger partial charge in [0.25, 0.3) is 5.91 Å². The minimum atomic E-state index is -0.353. The Morgan fingerprint density at radius 1 is 1.22 bits per heavy atom. The van der Waals surface area contributed by atoms with Gasteiger partial charge in [0, 0.05) is 19.2 Å². The Kier molecular flexibility index (Phi) is 2.83. The van der Waals surface area contributed by atoms with Crippen LogP contribution in [0, 0.1) is 17.8 Å². The Morgan fingerprint density at radius 2 is 2.13 bits per heavy atom. The van der Waals surface area contributed by atoms with Crippen LogP contribution < -0.4 is 10.9 Å². The lowest BCUT2D eigenvalue weighted by Gasteiger charge is -2.17. The van der Waals surface area contributed by atoms with Crippen LogP contribution in [-0.4, -0.2) is 33.6 Å². The van der Waals surface area contributed by atoms with Gasteiger partial charge in [0.15, 0.2) is 0 Å². The molecule has 2 amide bonds. The minimum Gasteiger partial charge on any atom is -0.374 e. The van der Waals surface area contributed by atoms with E-state index in [1.807, 2.05) is 4.57 Å². The van der Waals surface area contributed by atoms with Gasteiger partial charge in [-0.2, -0.15) is 0 Å². The minimum absolute atomic E-state index is 0.0572. The second-order valence-corrected chi connectivity index (χ2v) is 7.18. The van der Waals surface area contributed by atoms with E-state index in [4.69, 9.17) is 4.74 Å². The molecule has 1 aromatic heterocycles. The molecule has 0 spiro atoms. The lowest BCUT2D eigenvalue weighted by molar-refractivity contribution is -0.127. The van der Waals surface area contributed by atoms with Crippen molar-refractivity contribution in [2.24, 2.45) is 17.8 Å². The molecular formula is C16H20N4O3. The van der Waals surface area contributed by atoms with E-state index in [1.54, 1.807) is 6.20 Å². The topological polar surface area (TPSA) is 85.3 Å². The van der Waals surface area contributed by atoms with Crippen molar-refractivity contribution in [3.8, 4) is 0 Å². The number of imidazole rings is 1. The number of aromatic nitrogens is 2. The third-order valence-electron chi connectivity index (χ3n) is 5.78. The fraction of sp³-hybridized carbons (Fsp3) is 0.688. The Labute approximate surface area is 133 Å². The molecule has 5 rings (SSSR count). The number of hydrogen-bond acceptors (Lipinski definition) is 4. The number of ether oxygens (including phenoxy) is 1. The number of carbonyl (C=O) groups is 2. The molecule has 2 bridgehead atoms. The number of hydrazine groups is 1. The highest BCUT2D eigenvalue weighted by Gasteiger charge is 2.64. The Bertz CT molecular complexity index is 661. The molecule has 2 saturated heterocycles. The first-order valence-electron chi connectivity index (χ1n) is 8.52. The molecule has 0 aromatic carbocycles. The molecule has 1 aromatic rings. The maximum absolute atomic E-state index is 12.3. The SMILES string of the molecule is O=C(NNC(=O)[C@@H]1C[C@@H]2O[C@H]1[C@H]1C[C@H]12)c1cn2c(n1)CCCC2. The average molecular weight is 316 g/mol. The van der Waals surface area contributed by atoms with Crippen molar-refractivity contribution >= 4 is 11.8 Å². The third kappa shape index (κ3) is 2.09. The van der Waals surface area contributed by atoms with Gasteiger partial charge in [0.2, 0.25) is 5.91 Å². The van der Waals surface area contributed by atoms with Gasteiger partial charge >= 0.3 is 0 Å². The first kappa shape index (κ1) is 13.5. The molecular weight excluding hydrogens is 296 g/mol. The summed E-state index contributed by atoms with van der Waals surface area (Å²) >= 11 is 0. The molecule has 7 heteroatoms. The molecule has 1 saturated carbocycles. The normalized spacial score (nSPS) is 36.3. The van der Waals surface area contributed by atoms with Gasteiger partial charge in [0.1, 0.15) is 11.5 Å². The van der Waals surface area contributed by atoms with Crippen molar-refractivity contribution in [2.75, 3.05) is 0 Å². The predicted molar refractivity (Wildman–Crippen MR) is 79.1 cm³/mol. The number of amides is 2. The first-order valence-corrected chi connectivity index (χ1v) is 8.52.